The fourth-order valence-electron chi connectivity index (χ4n) is 4.06. The lowest BCUT2D eigenvalue weighted by Gasteiger charge is -2.28. The summed E-state index contributed by atoms with van der Waals surface area (Å²) in [6.07, 6.45) is -3.96. The van der Waals surface area contributed by atoms with Gasteiger partial charge in [-0.05, 0) is 74.9 Å². The van der Waals surface area contributed by atoms with Gasteiger partial charge in [0.25, 0.3) is 0 Å². The number of nitrogens with one attached hydrogen (secondary N) is 3. The maximum absolute atomic E-state index is 13.7. The van der Waals surface area contributed by atoms with Crippen LogP contribution in [-0.2, 0) is 27.8 Å². The molecular formula is C25H30Cl2F3N3O3S. The third-order valence-electron chi connectivity index (χ3n) is 5.96. The van der Waals surface area contributed by atoms with Crippen LogP contribution in [0, 0.1) is 0 Å². The largest absolute Gasteiger partial charge is 0.405 e. The Bertz CT molecular complexity index is 1250. The molecule has 0 fully saturated rings. The van der Waals surface area contributed by atoms with E-state index in [0.717, 1.165) is 41.7 Å². The number of hydrogen-bond acceptors (Lipinski definition) is 4. The Morgan fingerprint density at radius 2 is 1.78 bits per heavy atom. The van der Waals surface area contributed by atoms with E-state index < -0.39 is 45.5 Å². The summed E-state index contributed by atoms with van der Waals surface area (Å²) in [4.78, 5) is 12.2. The van der Waals surface area contributed by atoms with Crippen molar-refractivity contribution in [1.82, 2.24) is 15.4 Å². The lowest BCUT2D eigenvalue weighted by molar-refractivity contribution is -0.158. The average Bonchev–Trinajstić information content (AvgIpc) is 2.78. The highest BCUT2D eigenvalue weighted by Crippen LogP contribution is 2.32. The number of halogens is 5. The quantitative estimate of drug-likeness (QED) is 0.376. The van der Waals surface area contributed by atoms with E-state index in [1.165, 1.54) is 6.07 Å². The monoisotopic (exact) mass is 579 g/mol. The number of fused-ring (bicyclic) bond motifs is 1. The number of carbonyl (C=O) groups excluding carboxylic acids is 1. The van der Waals surface area contributed by atoms with Crippen LogP contribution in [0.4, 0.5) is 13.2 Å². The minimum absolute atomic E-state index is 0.0528. The summed E-state index contributed by atoms with van der Waals surface area (Å²) in [6.45, 7) is 6.86. The van der Waals surface area contributed by atoms with E-state index in [9.17, 15) is 26.4 Å². The molecule has 0 heterocycles. The van der Waals surface area contributed by atoms with Crippen molar-refractivity contribution in [2.75, 3.05) is 0 Å². The first-order chi connectivity index (χ1) is 17.0. The van der Waals surface area contributed by atoms with Gasteiger partial charge in [0.2, 0.25) is 15.9 Å². The predicted octanol–water partition coefficient (Wildman–Crippen LogP) is 5.67. The Kier molecular flexibility index (Phi) is 9.22. The first-order valence-electron chi connectivity index (χ1n) is 11.8. The van der Waals surface area contributed by atoms with Crippen LogP contribution in [0.15, 0.2) is 41.3 Å². The molecule has 0 spiro atoms. The van der Waals surface area contributed by atoms with E-state index in [1.807, 2.05) is 12.1 Å². The first-order valence-corrected chi connectivity index (χ1v) is 14.0. The van der Waals surface area contributed by atoms with Gasteiger partial charge in [0.05, 0.1) is 27.4 Å². The topological polar surface area (TPSA) is 87.3 Å². The van der Waals surface area contributed by atoms with Crippen molar-refractivity contribution in [1.29, 1.82) is 0 Å². The van der Waals surface area contributed by atoms with Crippen LogP contribution >= 0.6 is 23.2 Å². The number of aryl methyl sites for hydroxylation is 1. The van der Waals surface area contributed by atoms with Crippen molar-refractivity contribution in [2.45, 2.75) is 81.7 Å². The number of alkyl halides is 3. The van der Waals surface area contributed by atoms with Crippen molar-refractivity contribution < 1.29 is 26.4 Å². The summed E-state index contributed by atoms with van der Waals surface area (Å²) in [5, 5.41) is 6.01. The van der Waals surface area contributed by atoms with Crippen molar-refractivity contribution in [3.05, 3.63) is 63.1 Å². The van der Waals surface area contributed by atoms with Gasteiger partial charge in [-0.15, -0.1) is 0 Å². The van der Waals surface area contributed by atoms with Crippen LogP contribution < -0.4 is 15.4 Å². The van der Waals surface area contributed by atoms with Crippen molar-refractivity contribution in [3.63, 3.8) is 0 Å². The summed E-state index contributed by atoms with van der Waals surface area (Å²) in [5.41, 5.74) is 2.92. The minimum atomic E-state index is -5.00. The van der Waals surface area contributed by atoms with Gasteiger partial charge in [0, 0.05) is 12.1 Å². The highest BCUT2D eigenvalue weighted by atomic mass is 35.5. The maximum Gasteiger partial charge on any atom is 0.405 e. The van der Waals surface area contributed by atoms with E-state index in [1.54, 1.807) is 4.72 Å². The number of sulfonamides is 1. The van der Waals surface area contributed by atoms with E-state index in [2.05, 4.69) is 37.5 Å². The third-order valence-corrected chi connectivity index (χ3v) is 8.17. The van der Waals surface area contributed by atoms with Gasteiger partial charge in [0.15, 0.2) is 0 Å². The van der Waals surface area contributed by atoms with Gasteiger partial charge in [-0.25, -0.2) is 8.42 Å². The van der Waals surface area contributed by atoms with Gasteiger partial charge in [-0.2, -0.15) is 17.9 Å². The lowest BCUT2D eigenvalue weighted by atomic mass is 9.86. The van der Waals surface area contributed by atoms with Crippen LogP contribution in [0.25, 0.3) is 0 Å². The van der Waals surface area contributed by atoms with E-state index >= 15 is 0 Å². The van der Waals surface area contributed by atoms with Crippen LogP contribution in [0.2, 0.25) is 10.0 Å². The molecule has 1 aliphatic carbocycles. The second-order valence-electron chi connectivity index (χ2n) is 10.1. The molecule has 0 aliphatic heterocycles. The van der Waals surface area contributed by atoms with E-state index in [-0.39, 0.29) is 15.6 Å². The molecule has 2 atom stereocenters. The molecule has 3 N–H and O–H groups in total. The van der Waals surface area contributed by atoms with Gasteiger partial charge < -0.3 is 10.6 Å². The third kappa shape index (κ3) is 8.32. The van der Waals surface area contributed by atoms with Gasteiger partial charge in [-0.3, -0.25) is 4.79 Å². The summed E-state index contributed by atoms with van der Waals surface area (Å²) < 4.78 is 68.0. The normalized spacial score (nSPS) is 17.2. The smallest absolute Gasteiger partial charge is 0.349 e. The minimum Gasteiger partial charge on any atom is -0.349 e. The molecule has 1 aliphatic rings. The fourth-order valence-corrected chi connectivity index (χ4v) is 5.67. The molecule has 12 heteroatoms. The molecule has 0 saturated heterocycles. The number of rotatable bonds is 8. The molecule has 2 aromatic rings. The van der Waals surface area contributed by atoms with Gasteiger partial charge >= 0.3 is 6.18 Å². The van der Waals surface area contributed by atoms with Crippen LogP contribution in [-0.4, -0.2) is 32.1 Å². The zero-order valence-corrected chi connectivity index (χ0v) is 23.0. The Morgan fingerprint density at radius 1 is 1.08 bits per heavy atom. The molecule has 204 valence electrons. The Labute approximate surface area is 225 Å². The summed E-state index contributed by atoms with van der Waals surface area (Å²) in [5.74, 6) is -0.907. The molecule has 2 aromatic carbocycles. The predicted molar refractivity (Wildman–Crippen MR) is 138 cm³/mol. The Hall–Kier alpha value is -1.85. The molecule has 6 nitrogen and oxygen atoms in total. The van der Waals surface area contributed by atoms with E-state index in [0.29, 0.717) is 13.0 Å². The molecule has 0 unspecified atom stereocenters. The molecule has 0 aromatic heterocycles. The summed E-state index contributed by atoms with van der Waals surface area (Å²) in [6, 6.07) is 5.95. The molecule has 3 rings (SSSR count). The zero-order chi connectivity index (χ0) is 27.6. The fraction of sp³-hybridized carbons (Fsp3) is 0.480. The molecule has 0 radical (unpaired) electrons. The standard InChI is InChI=1S/C25H30Cl2F3N3O3S/c1-24(2,3)31-14-15-7-9-18-16(11-15)5-4-6-21(18)32-23(34)13-22(25(28,29)30)33-37(35,36)17-8-10-19(26)20(27)12-17/h7-12,21-22,31,33H,4-6,13-14H2,1-3H3,(H,32,34)/t21-,22-/m1/s1. The van der Waals surface area contributed by atoms with Crippen LogP contribution in [0.1, 0.15) is 62.8 Å². The second kappa shape index (κ2) is 11.5. The molecule has 0 bridgehead atoms. The lowest BCUT2D eigenvalue weighted by Crippen LogP contribution is -2.48. The van der Waals surface area contributed by atoms with Crippen LogP contribution in [0.3, 0.4) is 0 Å². The van der Waals surface area contributed by atoms with Crippen molar-refractivity contribution in [3.8, 4) is 0 Å². The number of hydrogen-bond donors (Lipinski definition) is 3. The summed E-state index contributed by atoms with van der Waals surface area (Å²) in [7, 11) is -4.63. The van der Waals surface area contributed by atoms with E-state index in [4.69, 9.17) is 23.2 Å². The molecular weight excluding hydrogens is 550 g/mol. The Balaban J connectivity index is 1.72. The van der Waals surface area contributed by atoms with Crippen molar-refractivity contribution in [2.24, 2.45) is 0 Å². The molecule has 1 amide bonds. The number of carbonyl (C=O) groups is 1. The average molecular weight is 581 g/mol. The van der Waals surface area contributed by atoms with Gasteiger partial charge in [0.1, 0.15) is 6.04 Å². The molecule has 0 saturated carbocycles. The highest BCUT2D eigenvalue weighted by molar-refractivity contribution is 7.89. The highest BCUT2D eigenvalue weighted by Gasteiger charge is 2.44. The SMILES string of the molecule is CC(C)(C)NCc1ccc2c(c1)CCC[C@H]2NC(=O)C[C@@H](NS(=O)(=O)c1ccc(Cl)c(Cl)c1)C(F)(F)F. The second-order valence-corrected chi connectivity index (χ2v) is 12.7. The number of amides is 1. The maximum atomic E-state index is 13.7. The van der Waals surface area contributed by atoms with Crippen LogP contribution in [0.5, 0.6) is 0 Å². The van der Waals surface area contributed by atoms with Crippen molar-refractivity contribution >= 4 is 39.1 Å². The zero-order valence-electron chi connectivity index (χ0n) is 20.7. The molecule has 37 heavy (non-hydrogen) atoms. The summed E-state index contributed by atoms with van der Waals surface area (Å²) >= 11 is 11.6. The first kappa shape index (κ1) is 29.7. The number of benzene rings is 2. The van der Waals surface area contributed by atoms with Gasteiger partial charge in [-0.1, -0.05) is 41.4 Å². The Morgan fingerprint density at radius 3 is 2.41 bits per heavy atom.